The largest absolute Gasteiger partial charge is 0.507 e. The van der Waals surface area contributed by atoms with E-state index in [1.807, 2.05) is 22.6 Å². The summed E-state index contributed by atoms with van der Waals surface area (Å²) in [4.78, 5) is 11.8. The van der Waals surface area contributed by atoms with E-state index in [1.54, 1.807) is 12.1 Å². The van der Waals surface area contributed by atoms with Gasteiger partial charge in [0.2, 0.25) is 0 Å². The van der Waals surface area contributed by atoms with Gasteiger partial charge in [0.1, 0.15) is 5.75 Å². The lowest BCUT2D eigenvalue weighted by Crippen LogP contribution is -2.28. The van der Waals surface area contributed by atoms with Gasteiger partial charge in [-0.15, -0.1) is 0 Å². The molecule has 1 saturated carbocycles. The molecule has 1 aromatic carbocycles. The van der Waals surface area contributed by atoms with Crippen molar-refractivity contribution in [2.75, 3.05) is 0 Å². The Bertz CT molecular complexity index is 443. The molecule has 0 aliphatic heterocycles. The van der Waals surface area contributed by atoms with Gasteiger partial charge in [0.05, 0.1) is 3.57 Å². The van der Waals surface area contributed by atoms with Gasteiger partial charge in [-0.3, -0.25) is 4.79 Å². The highest BCUT2D eigenvalue weighted by atomic mass is 127. The van der Waals surface area contributed by atoms with Gasteiger partial charge in [-0.25, -0.2) is 0 Å². The van der Waals surface area contributed by atoms with Crippen LogP contribution in [0.5, 0.6) is 5.75 Å². The van der Waals surface area contributed by atoms with E-state index in [1.165, 1.54) is 6.07 Å². The van der Waals surface area contributed by atoms with Gasteiger partial charge in [0.25, 0.3) is 5.91 Å². The molecule has 0 aromatic heterocycles. The Morgan fingerprint density at radius 3 is 2.69 bits per heavy atom. The number of nitrogens with one attached hydrogen (secondary N) is 1. The summed E-state index contributed by atoms with van der Waals surface area (Å²) < 4.78 is 0.751. The molecule has 86 valence electrons. The molecule has 3 nitrogen and oxygen atoms in total. The molecule has 1 aliphatic carbocycles. The number of halogens is 1. The molecule has 1 fully saturated rings. The molecule has 1 aliphatic rings. The number of phenolic OH excluding ortho intramolecular Hbond substituents is 1. The van der Waals surface area contributed by atoms with Crippen LogP contribution in [-0.2, 0) is 0 Å². The van der Waals surface area contributed by atoms with E-state index in [2.05, 4.69) is 19.2 Å². The molecule has 2 rings (SSSR count). The number of hydrogen-bond acceptors (Lipinski definition) is 2. The number of rotatable bonds is 2. The lowest BCUT2D eigenvalue weighted by atomic mass is 10.1. The molecule has 16 heavy (non-hydrogen) atoms. The standard InChI is InChI=1S/C12H14INO2/c1-12(2)6-10(12)14-11(16)7-3-4-8(13)9(15)5-7/h3-5,10,15H,6H2,1-2H3,(H,14,16). The SMILES string of the molecule is CC1(C)CC1NC(=O)c1ccc(I)c(O)c1. The summed E-state index contributed by atoms with van der Waals surface area (Å²) in [6.45, 7) is 4.26. The third-order valence-corrected chi connectivity index (χ3v) is 3.94. The molecular formula is C12H14INO2. The summed E-state index contributed by atoms with van der Waals surface area (Å²) in [7, 11) is 0. The smallest absolute Gasteiger partial charge is 0.251 e. The Kier molecular flexibility index (Phi) is 2.86. The number of aromatic hydroxyl groups is 1. The van der Waals surface area contributed by atoms with Crippen LogP contribution in [0.3, 0.4) is 0 Å². The quantitative estimate of drug-likeness (QED) is 0.818. The van der Waals surface area contributed by atoms with Gasteiger partial charge in [0.15, 0.2) is 0 Å². The lowest BCUT2D eigenvalue weighted by molar-refractivity contribution is 0.0946. The molecule has 4 heteroatoms. The molecule has 2 N–H and O–H groups in total. The molecule has 0 saturated heterocycles. The average Bonchev–Trinajstić information content (AvgIpc) is 2.78. The predicted octanol–water partition coefficient (Wildman–Crippen LogP) is 2.53. The van der Waals surface area contributed by atoms with Crippen molar-refractivity contribution >= 4 is 28.5 Å². The third kappa shape index (κ3) is 2.31. The van der Waals surface area contributed by atoms with Crippen LogP contribution in [0.25, 0.3) is 0 Å². The van der Waals surface area contributed by atoms with Crippen LogP contribution in [0.15, 0.2) is 18.2 Å². The summed E-state index contributed by atoms with van der Waals surface area (Å²) in [5.41, 5.74) is 0.738. The Morgan fingerprint density at radius 2 is 2.19 bits per heavy atom. The average molecular weight is 331 g/mol. The predicted molar refractivity (Wildman–Crippen MR) is 70.5 cm³/mol. The molecule has 0 radical (unpaired) electrons. The van der Waals surface area contributed by atoms with E-state index < -0.39 is 0 Å². The van der Waals surface area contributed by atoms with Crippen molar-refractivity contribution < 1.29 is 9.90 Å². The minimum Gasteiger partial charge on any atom is -0.507 e. The summed E-state index contributed by atoms with van der Waals surface area (Å²) >= 11 is 2.03. The summed E-state index contributed by atoms with van der Waals surface area (Å²) in [5, 5.41) is 12.5. The van der Waals surface area contributed by atoms with Crippen molar-refractivity contribution in [3.05, 3.63) is 27.3 Å². The first-order valence-electron chi connectivity index (χ1n) is 5.19. The highest BCUT2D eigenvalue weighted by Gasteiger charge is 2.46. The molecule has 1 atom stereocenters. The molecule has 0 heterocycles. The van der Waals surface area contributed by atoms with Crippen molar-refractivity contribution in [1.29, 1.82) is 0 Å². The fraction of sp³-hybridized carbons (Fsp3) is 0.417. The van der Waals surface area contributed by atoms with Crippen LogP contribution >= 0.6 is 22.6 Å². The summed E-state index contributed by atoms with van der Waals surface area (Å²) in [5.74, 6) is 0.0468. The number of hydrogen-bond donors (Lipinski definition) is 2. The molecule has 0 spiro atoms. The topological polar surface area (TPSA) is 49.3 Å². The first-order chi connectivity index (χ1) is 7.40. The second-order valence-corrected chi connectivity index (χ2v) is 6.05. The van der Waals surface area contributed by atoms with Crippen molar-refractivity contribution in [2.45, 2.75) is 26.3 Å². The number of benzene rings is 1. The van der Waals surface area contributed by atoms with Crippen LogP contribution in [0.2, 0.25) is 0 Å². The van der Waals surface area contributed by atoms with E-state index in [-0.39, 0.29) is 23.1 Å². The second-order valence-electron chi connectivity index (χ2n) is 4.88. The Morgan fingerprint density at radius 1 is 1.56 bits per heavy atom. The first kappa shape index (κ1) is 11.7. The van der Waals surface area contributed by atoms with Crippen LogP contribution in [0, 0.1) is 8.99 Å². The Balaban J connectivity index is 2.07. The maximum Gasteiger partial charge on any atom is 0.251 e. The van der Waals surface area contributed by atoms with Crippen LogP contribution < -0.4 is 5.32 Å². The van der Waals surface area contributed by atoms with Gasteiger partial charge in [-0.2, -0.15) is 0 Å². The van der Waals surface area contributed by atoms with Crippen molar-refractivity contribution in [3.63, 3.8) is 0 Å². The van der Waals surface area contributed by atoms with Gasteiger partial charge < -0.3 is 10.4 Å². The normalized spacial score (nSPS) is 21.6. The third-order valence-electron chi connectivity index (χ3n) is 3.03. The van der Waals surface area contributed by atoms with Gasteiger partial charge in [-0.05, 0) is 52.6 Å². The second kappa shape index (κ2) is 3.91. The van der Waals surface area contributed by atoms with Crippen LogP contribution in [-0.4, -0.2) is 17.1 Å². The lowest BCUT2D eigenvalue weighted by Gasteiger charge is -2.07. The zero-order valence-electron chi connectivity index (χ0n) is 9.25. The summed E-state index contributed by atoms with van der Waals surface area (Å²) in [6, 6.07) is 5.24. The van der Waals surface area contributed by atoms with E-state index in [4.69, 9.17) is 0 Å². The highest BCUT2D eigenvalue weighted by Crippen LogP contribution is 2.44. The minimum absolute atomic E-state index is 0.109. The zero-order chi connectivity index (χ0) is 11.9. The highest BCUT2D eigenvalue weighted by molar-refractivity contribution is 14.1. The van der Waals surface area contributed by atoms with E-state index >= 15 is 0 Å². The van der Waals surface area contributed by atoms with E-state index in [0.717, 1.165) is 9.99 Å². The van der Waals surface area contributed by atoms with Crippen molar-refractivity contribution in [2.24, 2.45) is 5.41 Å². The Labute approximate surface area is 108 Å². The molecule has 1 unspecified atom stereocenters. The Hall–Kier alpha value is -0.780. The number of carbonyl (C=O) groups is 1. The fourth-order valence-electron chi connectivity index (χ4n) is 1.61. The van der Waals surface area contributed by atoms with Crippen LogP contribution in [0.1, 0.15) is 30.6 Å². The molecule has 0 bridgehead atoms. The number of carbonyl (C=O) groups excluding carboxylic acids is 1. The molecule has 1 aromatic rings. The molecule has 1 amide bonds. The van der Waals surface area contributed by atoms with E-state index in [0.29, 0.717) is 5.56 Å². The first-order valence-corrected chi connectivity index (χ1v) is 6.27. The number of amides is 1. The zero-order valence-corrected chi connectivity index (χ0v) is 11.4. The van der Waals surface area contributed by atoms with Crippen molar-refractivity contribution in [3.8, 4) is 5.75 Å². The number of phenols is 1. The van der Waals surface area contributed by atoms with E-state index in [9.17, 15) is 9.90 Å². The molecular weight excluding hydrogens is 317 g/mol. The van der Waals surface area contributed by atoms with Crippen LogP contribution in [0.4, 0.5) is 0 Å². The maximum atomic E-state index is 11.8. The van der Waals surface area contributed by atoms with Crippen molar-refractivity contribution in [1.82, 2.24) is 5.32 Å². The fourth-order valence-corrected chi connectivity index (χ4v) is 1.94. The van der Waals surface area contributed by atoms with Gasteiger partial charge >= 0.3 is 0 Å². The monoisotopic (exact) mass is 331 g/mol. The maximum absolute atomic E-state index is 11.8. The van der Waals surface area contributed by atoms with Gasteiger partial charge in [0, 0.05) is 11.6 Å². The summed E-state index contributed by atoms with van der Waals surface area (Å²) in [6.07, 6.45) is 1.02. The van der Waals surface area contributed by atoms with Gasteiger partial charge in [-0.1, -0.05) is 13.8 Å². The minimum atomic E-state index is -0.109.